The lowest BCUT2D eigenvalue weighted by Gasteiger charge is -2.46. The van der Waals surface area contributed by atoms with Gasteiger partial charge in [-0.2, -0.15) is 11.8 Å². The molecule has 3 nitrogen and oxygen atoms in total. The van der Waals surface area contributed by atoms with Gasteiger partial charge in [0.25, 0.3) is 0 Å². The molecular weight excluding hydrogens is 268 g/mol. The quantitative estimate of drug-likeness (QED) is 0.869. The zero-order valence-corrected chi connectivity index (χ0v) is 13.7. The number of nitrogens with two attached hydrogens (primary N) is 1. The van der Waals surface area contributed by atoms with Crippen LogP contribution < -0.4 is 5.73 Å². The summed E-state index contributed by atoms with van der Waals surface area (Å²) in [5.41, 5.74) is 6.28. The molecule has 0 amide bonds. The highest BCUT2D eigenvalue weighted by Gasteiger charge is 2.43. The van der Waals surface area contributed by atoms with E-state index in [1.165, 1.54) is 63.0 Å². The molecule has 1 aliphatic carbocycles. The second-order valence-corrected chi connectivity index (χ2v) is 7.98. The van der Waals surface area contributed by atoms with Crippen LogP contribution in [0.5, 0.6) is 0 Å². The van der Waals surface area contributed by atoms with Gasteiger partial charge in [0.1, 0.15) is 0 Å². The molecule has 2 saturated heterocycles. The number of thioether (sulfide) groups is 1. The topological polar surface area (TPSA) is 38.5 Å². The summed E-state index contributed by atoms with van der Waals surface area (Å²) in [6.07, 6.45) is 8.78. The number of ether oxygens (including phenoxy) is 1. The van der Waals surface area contributed by atoms with Crippen LogP contribution in [0.3, 0.4) is 0 Å². The van der Waals surface area contributed by atoms with Crippen LogP contribution >= 0.6 is 11.8 Å². The van der Waals surface area contributed by atoms with Gasteiger partial charge in [-0.05, 0) is 57.2 Å². The fraction of sp³-hybridized carbons (Fsp3) is 1.00. The summed E-state index contributed by atoms with van der Waals surface area (Å²) in [7, 11) is 0. The first-order valence-corrected chi connectivity index (χ1v) is 9.61. The Bertz CT molecular complexity index is 312. The van der Waals surface area contributed by atoms with Crippen molar-refractivity contribution in [2.75, 3.05) is 24.7 Å². The van der Waals surface area contributed by atoms with Gasteiger partial charge in [0.15, 0.2) is 0 Å². The third-order valence-corrected chi connectivity index (χ3v) is 6.80. The minimum absolute atomic E-state index is 0.214. The normalized spacial score (nSPS) is 42.5. The highest BCUT2D eigenvalue weighted by atomic mass is 32.2. The van der Waals surface area contributed by atoms with Crippen LogP contribution in [-0.4, -0.2) is 53.3 Å². The fourth-order valence-corrected chi connectivity index (χ4v) is 5.77. The number of nitrogens with zero attached hydrogens (tertiary/aromatic N) is 1. The van der Waals surface area contributed by atoms with Crippen molar-refractivity contribution in [1.29, 1.82) is 0 Å². The van der Waals surface area contributed by atoms with E-state index in [1.807, 2.05) is 0 Å². The van der Waals surface area contributed by atoms with Crippen molar-refractivity contribution >= 4 is 11.8 Å². The summed E-state index contributed by atoms with van der Waals surface area (Å²) in [5.74, 6) is 2.51. The van der Waals surface area contributed by atoms with Crippen molar-refractivity contribution in [3.63, 3.8) is 0 Å². The van der Waals surface area contributed by atoms with Crippen molar-refractivity contribution in [3.8, 4) is 0 Å². The first-order chi connectivity index (χ1) is 9.72. The summed E-state index contributed by atoms with van der Waals surface area (Å²) in [4.78, 5) is 2.79. The first-order valence-electron chi connectivity index (χ1n) is 8.45. The second-order valence-electron chi connectivity index (χ2n) is 6.88. The van der Waals surface area contributed by atoms with E-state index in [0.29, 0.717) is 6.04 Å². The SMILES string of the molecule is CCN(C1CCC(N)CC1)C1CCOC2(CCSC2)C1. The van der Waals surface area contributed by atoms with Gasteiger partial charge in [0.2, 0.25) is 0 Å². The molecule has 1 spiro atoms. The molecule has 3 fully saturated rings. The fourth-order valence-electron chi connectivity index (χ4n) is 4.40. The molecular formula is C16H30N2OS. The van der Waals surface area contributed by atoms with Crippen molar-refractivity contribution in [3.05, 3.63) is 0 Å². The number of rotatable bonds is 3. The van der Waals surface area contributed by atoms with E-state index in [1.54, 1.807) is 0 Å². The Labute approximate surface area is 128 Å². The maximum absolute atomic E-state index is 6.19. The van der Waals surface area contributed by atoms with Crippen LogP contribution in [-0.2, 0) is 4.74 Å². The highest BCUT2D eigenvalue weighted by molar-refractivity contribution is 7.99. The monoisotopic (exact) mass is 298 g/mol. The predicted octanol–water partition coefficient (Wildman–Crippen LogP) is 2.63. The summed E-state index contributed by atoms with van der Waals surface area (Å²) in [6.45, 7) is 4.49. The molecule has 2 atom stereocenters. The van der Waals surface area contributed by atoms with Crippen LogP contribution in [0.2, 0.25) is 0 Å². The third kappa shape index (κ3) is 3.18. The van der Waals surface area contributed by atoms with Crippen LogP contribution in [0.1, 0.15) is 51.9 Å². The van der Waals surface area contributed by atoms with Crippen molar-refractivity contribution in [2.45, 2.75) is 75.6 Å². The molecule has 0 aromatic rings. The third-order valence-electron chi connectivity index (χ3n) is 5.58. The van der Waals surface area contributed by atoms with Gasteiger partial charge in [-0.1, -0.05) is 6.92 Å². The Morgan fingerprint density at radius 3 is 2.65 bits per heavy atom. The number of hydrogen-bond acceptors (Lipinski definition) is 4. The van der Waals surface area contributed by atoms with Crippen molar-refractivity contribution in [2.24, 2.45) is 5.73 Å². The Balaban J connectivity index is 1.63. The predicted molar refractivity (Wildman–Crippen MR) is 86.3 cm³/mol. The van der Waals surface area contributed by atoms with E-state index < -0.39 is 0 Å². The average molecular weight is 298 g/mol. The molecule has 0 aromatic carbocycles. The highest BCUT2D eigenvalue weighted by Crippen LogP contribution is 2.40. The zero-order chi connectivity index (χ0) is 14.0. The average Bonchev–Trinajstić information content (AvgIpc) is 2.90. The molecule has 2 heterocycles. The lowest BCUT2D eigenvalue weighted by atomic mass is 9.85. The van der Waals surface area contributed by atoms with E-state index in [0.717, 1.165) is 18.7 Å². The van der Waals surface area contributed by atoms with Crippen molar-refractivity contribution in [1.82, 2.24) is 4.90 Å². The van der Waals surface area contributed by atoms with Gasteiger partial charge in [-0.3, -0.25) is 4.90 Å². The molecule has 3 rings (SSSR count). The number of hydrogen-bond donors (Lipinski definition) is 1. The Hall–Kier alpha value is 0.230. The molecule has 116 valence electrons. The molecule has 1 saturated carbocycles. The molecule has 2 N–H and O–H groups in total. The first kappa shape index (κ1) is 15.1. The zero-order valence-electron chi connectivity index (χ0n) is 12.9. The summed E-state index contributed by atoms with van der Waals surface area (Å²) in [6, 6.07) is 1.97. The molecule has 0 bridgehead atoms. The van der Waals surface area contributed by atoms with E-state index in [4.69, 9.17) is 10.5 Å². The van der Waals surface area contributed by atoms with E-state index in [9.17, 15) is 0 Å². The van der Waals surface area contributed by atoms with E-state index >= 15 is 0 Å². The van der Waals surface area contributed by atoms with Crippen LogP contribution in [0, 0.1) is 0 Å². The van der Waals surface area contributed by atoms with Gasteiger partial charge < -0.3 is 10.5 Å². The van der Waals surface area contributed by atoms with E-state index in [-0.39, 0.29) is 5.60 Å². The standard InChI is InChI=1S/C16H30N2OS/c1-2-18(14-5-3-13(17)4-6-14)15-7-9-19-16(11-15)8-10-20-12-16/h13-15H,2-12,17H2,1H3. The molecule has 20 heavy (non-hydrogen) atoms. The smallest absolute Gasteiger partial charge is 0.0795 e. The molecule has 0 radical (unpaired) electrons. The van der Waals surface area contributed by atoms with Crippen LogP contribution in [0.25, 0.3) is 0 Å². The minimum atomic E-state index is 0.214. The molecule has 4 heteroatoms. The van der Waals surface area contributed by atoms with Gasteiger partial charge in [-0.25, -0.2) is 0 Å². The van der Waals surface area contributed by atoms with Gasteiger partial charge >= 0.3 is 0 Å². The van der Waals surface area contributed by atoms with Crippen molar-refractivity contribution < 1.29 is 4.74 Å². The lowest BCUT2D eigenvalue weighted by Crippen LogP contribution is -2.53. The van der Waals surface area contributed by atoms with Crippen LogP contribution in [0.15, 0.2) is 0 Å². The van der Waals surface area contributed by atoms with Gasteiger partial charge in [0.05, 0.1) is 5.60 Å². The largest absolute Gasteiger partial charge is 0.374 e. The maximum atomic E-state index is 6.19. The summed E-state index contributed by atoms with van der Waals surface area (Å²) in [5, 5.41) is 0. The van der Waals surface area contributed by atoms with Crippen LogP contribution in [0.4, 0.5) is 0 Å². The Kier molecular flexibility index (Phi) is 4.96. The van der Waals surface area contributed by atoms with Gasteiger partial charge in [0, 0.05) is 30.5 Å². The lowest BCUT2D eigenvalue weighted by molar-refractivity contribution is -0.0964. The molecule has 2 unspecified atom stereocenters. The maximum Gasteiger partial charge on any atom is 0.0795 e. The second kappa shape index (κ2) is 6.55. The van der Waals surface area contributed by atoms with Gasteiger partial charge in [-0.15, -0.1) is 0 Å². The van der Waals surface area contributed by atoms with E-state index in [2.05, 4.69) is 23.6 Å². The minimum Gasteiger partial charge on any atom is -0.374 e. The molecule has 0 aromatic heterocycles. The Morgan fingerprint density at radius 1 is 1.20 bits per heavy atom. The Morgan fingerprint density at radius 2 is 2.00 bits per heavy atom. The summed E-state index contributed by atoms with van der Waals surface area (Å²) < 4.78 is 6.19. The summed E-state index contributed by atoms with van der Waals surface area (Å²) >= 11 is 2.08. The molecule has 3 aliphatic rings. The molecule has 2 aliphatic heterocycles.